The lowest BCUT2D eigenvalue weighted by atomic mass is 10.0. The summed E-state index contributed by atoms with van der Waals surface area (Å²) in [5.41, 5.74) is 10.00. The molecule has 0 unspecified atom stereocenters. The van der Waals surface area contributed by atoms with Crippen LogP contribution in [0.15, 0.2) is 97.1 Å². The van der Waals surface area contributed by atoms with E-state index in [1.54, 1.807) is 0 Å². The summed E-state index contributed by atoms with van der Waals surface area (Å²) in [5.74, 6) is 0.488. The van der Waals surface area contributed by atoms with Gasteiger partial charge in [-0.05, 0) is 5.56 Å². The zero-order valence-electron chi connectivity index (χ0n) is 13.3. The van der Waals surface area contributed by atoms with Crippen molar-refractivity contribution in [3.63, 3.8) is 0 Å². The molecule has 3 N–H and O–H groups in total. The van der Waals surface area contributed by atoms with E-state index in [2.05, 4.69) is 10.2 Å². The lowest BCUT2D eigenvalue weighted by Gasteiger charge is -2.05. The van der Waals surface area contributed by atoms with Crippen LogP contribution in [0.25, 0.3) is 16.7 Å². The molecule has 1 aromatic carbocycles. The van der Waals surface area contributed by atoms with Gasteiger partial charge in [0.05, 0.1) is 11.3 Å². The minimum Gasteiger partial charge on any atom is -0.382 e. The molecule has 3 rings (SSSR count). The molecule has 3 nitrogen and oxygen atoms in total. The number of allylic oxidation sites excluding steroid dienone is 8. The first-order valence-electron chi connectivity index (χ1n) is 7.81. The molecule has 0 radical (unpaired) electrons. The van der Waals surface area contributed by atoms with Gasteiger partial charge >= 0.3 is 0 Å². The summed E-state index contributed by atoms with van der Waals surface area (Å²) in [6.07, 6.45) is 14.1. The normalized spacial score (nSPS) is 15.6. The molecule has 0 aliphatic heterocycles. The van der Waals surface area contributed by atoms with E-state index in [0.29, 0.717) is 5.82 Å². The second-order valence-electron chi connectivity index (χ2n) is 5.25. The molecule has 0 saturated carbocycles. The number of H-pyrrole nitrogens is 1. The SMILES string of the molecule is Nc1n[nH]c(C2=C/C=C\C=C/C=C2)c1-c1ccccccccc1. The summed E-state index contributed by atoms with van der Waals surface area (Å²) in [6, 6.07) is 18.0. The Balaban J connectivity index is 2.15. The lowest BCUT2D eigenvalue weighted by Crippen LogP contribution is -1.90. The summed E-state index contributed by atoms with van der Waals surface area (Å²) >= 11 is 0. The molecule has 118 valence electrons. The maximum absolute atomic E-state index is 6.15. The van der Waals surface area contributed by atoms with Gasteiger partial charge in [0, 0.05) is 5.57 Å². The summed E-state index contributed by atoms with van der Waals surface area (Å²) in [4.78, 5) is 0. The van der Waals surface area contributed by atoms with E-state index in [-0.39, 0.29) is 0 Å². The highest BCUT2D eigenvalue weighted by Crippen LogP contribution is 2.32. The predicted molar refractivity (Wildman–Crippen MR) is 101 cm³/mol. The van der Waals surface area contributed by atoms with E-state index in [1.165, 1.54) is 0 Å². The second kappa shape index (κ2) is 7.79. The number of rotatable bonds is 2. The van der Waals surface area contributed by atoms with E-state index < -0.39 is 0 Å². The number of nitrogens with one attached hydrogen (secondary N) is 1. The van der Waals surface area contributed by atoms with Crippen LogP contribution in [0.1, 0.15) is 5.69 Å². The smallest absolute Gasteiger partial charge is 0.153 e. The minimum atomic E-state index is 0.488. The molecule has 1 aliphatic carbocycles. The van der Waals surface area contributed by atoms with Crippen molar-refractivity contribution in [2.75, 3.05) is 5.73 Å². The van der Waals surface area contributed by atoms with Crippen LogP contribution in [0.4, 0.5) is 5.82 Å². The molecule has 0 atom stereocenters. The van der Waals surface area contributed by atoms with Crippen LogP contribution in [0, 0.1) is 0 Å². The predicted octanol–water partition coefficient (Wildman–Crippen LogP) is 4.85. The summed E-state index contributed by atoms with van der Waals surface area (Å²) < 4.78 is 0. The molecule has 0 spiro atoms. The summed E-state index contributed by atoms with van der Waals surface area (Å²) in [5, 5.41) is 7.29. The molecular formula is C21H19N3. The van der Waals surface area contributed by atoms with Crippen molar-refractivity contribution in [1.82, 2.24) is 10.2 Å². The van der Waals surface area contributed by atoms with Crippen molar-refractivity contribution in [2.45, 2.75) is 0 Å². The van der Waals surface area contributed by atoms with Crippen LogP contribution >= 0.6 is 0 Å². The zero-order chi connectivity index (χ0) is 16.6. The molecule has 24 heavy (non-hydrogen) atoms. The van der Waals surface area contributed by atoms with E-state index in [4.69, 9.17) is 5.73 Å². The fourth-order valence-corrected chi connectivity index (χ4v) is 2.45. The van der Waals surface area contributed by atoms with Crippen molar-refractivity contribution < 1.29 is 0 Å². The molecule has 1 aliphatic rings. The highest BCUT2D eigenvalue weighted by atomic mass is 15.2. The minimum absolute atomic E-state index is 0.488. The largest absolute Gasteiger partial charge is 0.382 e. The number of nitrogen functional groups attached to an aromatic ring is 1. The van der Waals surface area contributed by atoms with Crippen molar-refractivity contribution in [3.05, 3.63) is 103 Å². The van der Waals surface area contributed by atoms with Gasteiger partial charge in [0.25, 0.3) is 0 Å². The Morgan fingerprint density at radius 3 is 2.12 bits per heavy atom. The third-order valence-electron chi connectivity index (χ3n) is 3.59. The molecule has 0 amide bonds. The summed E-state index contributed by atoms with van der Waals surface area (Å²) in [7, 11) is 0. The van der Waals surface area contributed by atoms with Crippen LogP contribution in [0.2, 0.25) is 0 Å². The highest BCUT2D eigenvalue weighted by molar-refractivity contribution is 5.89. The first-order chi connectivity index (χ1) is 11.9. The van der Waals surface area contributed by atoms with Crippen LogP contribution in [-0.4, -0.2) is 10.2 Å². The average molecular weight is 313 g/mol. The number of anilines is 1. The maximum Gasteiger partial charge on any atom is 0.153 e. The van der Waals surface area contributed by atoms with Gasteiger partial charge in [0.15, 0.2) is 5.82 Å². The van der Waals surface area contributed by atoms with Crippen LogP contribution in [0.3, 0.4) is 0 Å². The number of nitrogens with two attached hydrogens (primary N) is 1. The van der Waals surface area contributed by atoms with Gasteiger partial charge in [-0.2, -0.15) is 5.10 Å². The third kappa shape index (κ3) is 3.70. The van der Waals surface area contributed by atoms with Crippen LogP contribution in [0.5, 0.6) is 0 Å². The Morgan fingerprint density at radius 1 is 0.750 bits per heavy atom. The first kappa shape index (κ1) is 15.6. The van der Waals surface area contributed by atoms with Crippen LogP contribution < -0.4 is 5.73 Å². The van der Waals surface area contributed by atoms with Gasteiger partial charge in [-0.1, -0.05) is 97.1 Å². The standard InChI is InChI=1S/C21H19N3/c22-21-19(17-13-9-5-2-1-3-6-10-14-17)20(23-24-21)18-15-11-7-4-8-12-16-18/h1-16H,(H3,22,23,24)/b2-1?,3-1?,5-2?,6-3?,7-4-,8-4?,9-5?,10-6?,11-7?,12-8-,13-9?,14-10?,15-11?,16-12?,17-13?,17-14?,18-15?,18-16?. The van der Waals surface area contributed by atoms with Gasteiger partial charge in [-0.15, -0.1) is 0 Å². The monoisotopic (exact) mass is 313 g/mol. The first-order valence-corrected chi connectivity index (χ1v) is 7.81. The maximum atomic E-state index is 6.15. The van der Waals surface area contributed by atoms with Crippen molar-refractivity contribution in [3.8, 4) is 11.1 Å². The number of hydrogen-bond acceptors (Lipinski definition) is 2. The van der Waals surface area contributed by atoms with Crippen molar-refractivity contribution in [1.29, 1.82) is 0 Å². The van der Waals surface area contributed by atoms with E-state index in [1.807, 2.05) is 97.1 Å². The third-order valence-corrected chi connectivity index (χ3v) is 3.59. The fourth-order valence-electron chi connectivity index (χ4n) is 2.45. The molecule has 3 heteroatoms. The van der Waals surface area contributed by atoms with E-state index in [0.717, 1.165) is 22.4 Å². The van der Waals surface area contributed by atoms with E-state index in [9.17, 15) is 0 Å². The Morgan fingerprint density at radius 2 is 1.38 bits per heavy atom. The van der Waals surface area contributed by atoms with Gasteiger partial charge in [-0.25, -0.2) is 0 Å². The van der Waals surface area contributed by atoms with E-state index >= 15 is 0 Å². The number of aromatic nitrogens is 2. The second-order valence-corrected chi connectivity index (χ2v) is 5.25. The highest BCUT2D eigenvalue weighted by Gasteiger charge is 2.14. The Hall–Kier alpha value is -3.33. The van der Waals surface area contributed by atoms with Gasteiger partial charge in [0.1, 0.15) is 0 Å². The summed E-state index contributed by atoms with van der Waals surface area (Å²) in [6.45, 7) is 0. The molecule has 0 saturated heterocycles. The Kier molecular flexibility index (Phi) is 5.05. The molecule has 0 bridgehead atoms. The van der Waals surface area contributed by atoms with Crippen molar-refractivity contribution >= 4 is 11.4 Å². The van der Waals surface area contributed by atoms with Gasteiger partial charge < -0.3 is 5.73 Å². The van der Waals surface area contributed by atoms with Crippen molar-refractivity contribution in [2.24, 2.45) is 0 Å². The molecule has 0 fully saturated rings. The molecular weight excluding hydrogens is 294 g/mol. The number of hydrogen-bond donors (Lipinski definition) is 2. The quantitative estimate of drug-likeness (QED) is 0.832. The lowest BCUT2D eigenvalue weighted by molar-refractivity contribution is 1.08. The zero-order valence-corrected chi connectivity index (χ0v) is 13.3. The Bertz CT molecular complexity index is 856. The molecule has 1 aromatic heterocycles. The topological polar surface area (TPSA) is 54.7 Å². The number of aromatic amines is 1. The average Bonchev–Trinajstić information content (AvgIpc) is 2.94. The number of nitrogens with zero attached hydrogens (tertiary/aromatic N) is 1. The van der Waals surface area contributed by atoms with Crippen LogP contribution in [-0.2, 0) is 0 Å². The van der Waals surface area contributed by atoms with Gasteiger partial charge in [-0.3, -0.25) is 5.10 Å². The Labute approximate surface area is 141 Å². The fraction of sp³-hybridized carbons (Fsp3) is 0. The van der Waals surface area contributed by atoms with Gasteiger partial charge in [0.2, 0.25) is 0 Å². The molecule has 1 heterocycles. The molecule has 2 aromatic rings.